The van der Waals surface area contributed by atoms with Crippen molar-refractivity contribution in [2.45, 2.75) is 20.0 Å². The number of anilines is 1. The van der Waals surface area contributed by atoms with Crippen LogP contribution >= 0.6 is 0 Å². The SMILES string of the molecule is Cc1ccc(C)c(NC(=O)[C@H](OC(=O)COc2ccccc2)c2ccccc2)c1. The second-order valence-electron chi connectivity index (χ2n) is 6.69. The van der Waals surface area contributed by atoms with Gasteiger partial charge in [0, 0.05) is 11.3 Å². The molecule has 3 aromatic carbocycles. The molecule has 0 unspecified atom stereocenters. The van der Waals surface area contributed by atoms with Gasteiger partial charge in [0.1, 0.15) is 5.75 Å². The van der Waals surface area contributed by atoms with Crippen LogP contribution in [0, 0.1) is 13.8 Å². The molecule has 5 heteroatoms. The molecule has 0 aromatic heterocycles. The number of esters is 1. The number of ether oxygens (including phenoxy) is 2. The highest BCUT2D eigenvalue weighted by molar-refractivity contribution is 5.96. The van der Waals surface area contributed by atoms with Crippen molar-refractivity contribution in [1.82, 2.24) is 0 Å². The summed E-state index contributed by atoms with van der Waals surface area (Å²) in [7, 11) is 0. The van der Waals surface area contributed by atoms with Crippen molar-refractivity contribution in [3.63, 3.8) is 0 Å². The van der Waals surface area contributed by atoms with E-state index in [0.29, 0.717) is 17.0 Å². The number of aryl methyl sites for hydroxylation is 2. The van der Waals surface area contributed by atoms with Crippen LogP contribution in [-0.2, 0) is 14.3 Å². The molecule has 0 radical (unpaired) electrons. The molecule has 0 aliphatic rings. The van der Waals surface area contributed by atoms with E-state index in [9.17, 15) is 9.59 Å². The molecule has 29 heavy (non-hydrogen) atoms. The minimum atomic E-state index is -1.08. The zero-order chi connectivity index (χ0) is 20.6. The van der Waals surface area contributed by atoms with Crippen LogP contribution in [0.1, 0.15) is 22.8 Å². The summed E-state index contributed by atoms with van der Waals surface area (Å²) in [5.41, 5.74) is 3.22. The number of rotatable bonds is 7. The number of para-hydroxylation sites is 1. The number of hydrogen-bond donors (Lipinski definition) is 1. The van der Waals surface area contributed by atoms with Gasteiger partial charge in [-0.3, -0.25) is 4.79 Å². The fraction of sp³-hybridized carbons (Fsp3) is 0.167. The smallest absolute Gasteiger partial charge is 0.345 e. The van der Waals surface area contributed by atoms with Crippen molar-refractivity contribution in [3.8, 4) is 5.75 Å². The summed E-state index contributed by atoms with van der Waals surface area (Å²) in [5, 5.41) is 2.87. The van der Waals surface area contributed by atoms with Crippen LogP contribution in [0.3, 0.4) is 0 Å². The average Bonchev–Trinajstić information content (AvgIpc) is 2.74. The number of benzene rings is 3. The molecule has 3 rings (SSSR count). The first kappa shape index (κ1) is 20.1. The summed E-state index contributed by atoms with van der Waals surface area (Å²) in [6.45, 7) is 3.57. The zero-order valence-electron chi connectivity index (χ0n) is 16.4. The molecule has 0 fully saturated rings. The Morgan fingerprint density at radius 2 is 1.55 bits per heavy atom. The number of carbonyl (C=O) groups is 2. The molecular weight excluding hydrogens is 366 g/mol. The minimum Gasteiger partial charge on any atom is -0.482 e. The third-order valence-corrected chi connectivity index (χ3v) is 4.34. The predicted octanol–water partition coefficient (Wildman–Crippen LogP) is 4.61. The highest BCUT2D eigenvalue weighted by Crippen LogP contribution is 2.23. The lowest BCUT2D eigenvalue weighted by atomic mass is 10.1. The molecule has 0 saturated heterocycles. The maximum absolute atomic E-state index is 13.0. The molecule has 0 bridgehead atoms. The minimum absolute atomic E-state index is 0.288. The highest BCUT2D eigenvalue weighted by Gasteiger charge is 2.25. The Bertz CT molecular complexity index is 971. The maximum Gasteiger partial charge on any atom is 0.345 e. The molecule has 5 nitrogen and oxygen atoms in total. The monoisotopic (exact) mass is 389 g/mol. The predicted molar refractivity (Wildman–Crippen MR) is 112 cm³/mol. The lowest BCUT2D eigenvalue weighted by Gasteiger charge is -2.19. The van der Waals surface area contributed by atoms with Crippen molar-refractivity contribution < 1.29 is 19.1 Å². The van der Waals surface area contributed by atoms with Gasteiger partial charge in [-0.05, 0) is 43.2 Å². The standard InChI is InChI=1S/C24H23NO4/c1-17-13-14-18(2)21(15-17)25-24(27)23(19-9-5-3-6-10-19)29-22(26)16-28-20-11-7-4-8-12-20/h3-15,23H,16H2,1-2H3,(H,25,27)/t23-/m1/s1. The fourth-order valence-corrected chi connectivity index (χ4v) is 2.79. The van der Waals surface area contributed by atoms with Gasteiger partial charge in [0.05, 0.1) is 0 Å². The molecule has 1 N–H and O–H groups in total. The Balaban J connectivity index is 1.73. The number of amides is 1. The molecule has 0 saturated carbocycles. The van der Waals surface area contributed by atoms with E-state index in [1.165, 1.54) is 0 Å². The second-order valence-corrected chi connectivity index (χ2v) is 6.69. The van der Waals surface area contributed by atoms with Gasteiger partial charge in [0.15, 0.2) is 6.61 Å². The molecule has 0 spiro atoms. The normalized spacial score (nSPS) is 11.4. The van der Waals surface area contributed by atoms with Crippen molar-refractivity contribution in [1.29, 1.82) is 0 Å². The van der Waals surface area contributed by atoms with Gasteiger partial charge < -0.3 is 14.8 Å². The van der Waals surface area contributed by atoms with E-state index < -0.39 is 18.0 Å². The largest absolute Gasteiger partial charge is 0.482 e. The fourth-order valence-electron chi connectivity index (χ4n) is 2.79. The van der Waals surface area contributed by atoms with E-state index in [1.54, 1.807) is 36.4 Å². The van der Waals surface area contributed by atoms with Crippen molar-refractivity contribution in [2.24, 2.45) is 0 Å². The van der Waals surface area contributed by atoms with Gasteiger partial charge in [0.25, 0.3) is 5.91 Å². The number of nitrogens with one attached hydrogen (secondary N) is 1. The summed E-state index contributed by atoms with van der Waals surface area (Å²) >= 11 is 0. The summed E-state index contributed by atoms with van der Waals surface area (Å²) in [4.78, 5) is 25.3. The molecule has 0 aliphatic heterocycles. The third-order valence-electron chi connectivity index (χ3n) is 4.34. The van der Waals surface area contributed by atoms with Crippen molar-refractivity contribution in [3.05, 3.63) is 95.6 Å². The summed E-state index contributed by atoms with van der Waals surface area (Å²) in [5.74, 6) is -0.489. The first-order valence-corrected chi connectivity index (χ1v) is 9.33. The van der Waals surface area contributed by atoms with Gasteiger partial charge in [-0.2, -0.15) is 0 Å². The van der Waals surface area contributed by atoms with E-state index in [0.717, 1.165) is 11.1 Å². The first-order valence-electron chi connectivity index (χ1n) is 9.33. The molecule has 0 aliphatic carbocycles. The summed E-state index contributed by atoms with van der Waals surface area (Å²) in [6.07, 6.45) is -1.08. The lowest BCUT2D eigenvalue weighted by Crippen LogP contribution is -2.28. The Hall–Kier alpha value is -3.60. The number of carbonyl (C=O) groups excluding carboxylic acids is 2. The van der Waals surface area contributed by atoms with Crippen LogP contribution < -0.4 is 10.1 Å². The number of hydrogen-bond acceptors (Lipinski definition) is 4. The molecule has 3 aromatic rings. The summed E-state index contributed by atoms with van der Waals surface area (Å²) in [6, 6.07) is 23.7. The van der Waals surface area contributed by atoms with Crippen LogP contribution in [0.25, 0.3) is 0 Å². The van der Waals surface area contributed by atoms with E-state index >= 15 is 0 Å². The second kappa shape index (κ2) is 9.55. The first-order chi connectivity index (χ1) is 14.0. The molecule has 0 heterocycles. The molecule has 1 amide bonds. The van der Waals surface area contributed by atoms with E-state index in [4.69, 9.17) is 9.47 Å². The summed E-state index contributed by atoms with van der Waals surface area (Å²) < 4.78 is 10.9. The van der Waals surface area contributed by atoms with Crippen LogP contribution in [0.2, 0.25) is 0 Å². The van der Waals surface area contributed by atoms with Gasteiger partial charge in [-0.25, -0.2) is 4.79 Å². The Morgan fingerprint density at radius 3 is 2.24 bits per heavy atom. The molecular formula is C24H23NO4. The molecule has 1 atom stereocenters. The van der Waals surface area contributed by atoms with Gasteiger partial charge in [-0.1, -0.05) is 60.7 Å². The van der Waals surface area contributed by atoms with Crippen LogP contribution in [-0.4, -0.2) is 18.5 Å². The van der Waals surface area contributed by atoms with Gasteiger partial charge in [-0.15, -0.1) is 0 Å². The maximum atomic E-state index is 13.0. The van der Waals surface area contributed by atoms with E-state index in [1.807, 2.05) is 56.3 Å². The average molecular weight is 389 g/mol. The Labute approximate surface area is 170 Å². The van der Waals surface area contributed by atoms with Crippen molar-refractivity contribution >= 4 is 17.6 Å². The Kier molecular flexibility index (Phi) is 6.63. The van der Waals surface area contributed by atoms with E-state index in [-0.39, 0.29) is 6.61 Å². The zero-order valence-corrected chi connectivity index (χ0v) is 16.4. The lowest BCUT2D eigenvalue weighted by molar-refractivity contribution is -0.156. The van der Waals surface area contributed by atoms with Crippen molar-refractivity contribution in [2.75, 3.05) is 11.9 Å². The Morgan fingerprint density at radius 1 is 0.897 bits per heavy atom. The highest BCUT2D eigenvalue weighted by atomic mass is 16.6. The topological polar surface area (TPSA) is 64.6 Å². The van der Waals surface area contributed by atoms with Crippen LogP contribution in [0.15, 0.2) is 78.9 Å². The third kappa shape index (κ3) is 5.69. The van der Waals surface area contributed by atoms with Crippen LogP contribution in [0.5, 0.6) is 5.75 Å². The quantitative estimate of drug-likeness (QED) is 0.600. The van der Waals surface area contributed by atoms with Crippen LogP contribution in [0.4, 0.5) is 5.69 Å². The molecule has 148 valence electrons. The van der Waals surface area contributed by atoms with Gasteiger partial charge in [0.2, 0.25) is 6.10 Å². The van der Waals surface area contributed by atoms with Gasteiger partial charge >= 0.3 is 5.97 Å². The van der Waals surface area contributed by atoms with E-state index in [2.05, 4.69) is 5.32 Å².